The molecule has 0 saturated heterocycles. The molecule has 0 bridgehead atoms. The molecule has 0 aliphatic carbocycles. The van der Waals surface area contributed by atoms with Crippen molar-refractivity contribution in [2.45, 2.75) is 45.4 Å². The van der Waals surface area contributed by atoms with Crippen LogP contribution in [0.25, 0.3) is 0 Å². The Hall–Kier alpha value is -1.33. The minimum atomic E-state index is -0.0243. The molecular formula is C19H23OP. The SMILES string of the molecule is CCCCc1ccc2c(c1P)C(C)(C)c1ccccc1O2. The number of benzene rings is 2. The molecule has 2 aromatic carbocycles. The second-order valence-corrected chi connectivity index (χ2v) is 6.92. The Morgan fingerprint density at radius 1 is 1.05 bits per heavy atom. The van der Waals surface area contributed by atoms with E-state index in [1.165, 1.54) is 34.8 Å². The molecular weight excluding hydrogens is 275 g/mol. The summed E-state index contributed by atoms with van der Waals surface area (Å²) in [7, 11) is 2.96. The Labute approximate surface area is 129 Å². The number of rotatable bonds is 3. The highest BCUT2D eigenvalue weighted by Crippen LogP contribution is 2.47. The van der Waals surface area contributed by atoms with Gasteiger partial charge in [0.2, 0.25) is 0 Å². The lowest BCUT2D eigenvalue weighted by molar-refractivity contribution is 0.419. The Kier molecular flexibility index (Phi) is 3.80. The van der Waals surface area contributed by atoms with Crippen LogP contribution in [-0.2, 0) is 11.8 Å². The topological polar surface area (TPSA) is 9.23 Å². The van der Waals surface area contributed by atoms with Crippen LogP contribution in [0.4, 0.5) is 0 Å². The van der Waals surface area contributed by atoms with Gasteiger partial charge in [0, 0.05) is 16.5 Å². The molecule has 1 unspecified atom stereocenters. The smallest absolute Gasteiger partial charge is 0.132 e. The maximum atomic E-state index is 6.14. The van der Waals surface area contributed by atoms with E-state index in [4.69, 9.17) is 4.74 Å². The summed E-state index contributed by atoms with van der Waals surface area (Å²) in [6.45, 7) is 6.83. The Morgan fingerprint density at radius 2 is 1.81 bits per heavy atom. The van der Waals surface area contributed by atoms with Gasteiger partial charge in [0.25, 0.3) is 0 Å². The van der Waals surface area contributed by atoms with Gasteiger partial charge >= 0.3 is 0 Å². The fourth-order valence-electron chi connectivity index (χ4n) is 3.28. The van der Waals surface area contributed by atoms with Crippen LogP contribution in [0.3, 0.4) is 0 Å². The molecule has 1 heterocycles. The van der Waals surface area contributed by atoms with E-state index in [1.807, 2.05) is 6.07 Å². The summed E-state index contributed by atoms with van der Waals surface area (Å²) in [6.07, 6.45) is 3.60. The maximum Gasteiger partial charge on any atom is 0.132 e. The summed E-state index contributed by atoms with van der Waals surface area (Å²) < 4.78 is 6.14. The van der Waals surface area contributed by atoms with Crippen LogP contribution in [0, 0.1) is 0 Å². The van der Waals surface area contributed by atoms with Crippen molar-refractivity contribution in [2.75, 3.05) is 0 Å². The third-order valence-electron chi connectivity index (χ3n) is 4.50. The molecule has 2 aromatic rings. The average molecular weight is 298 g/mol. The first-order valence-electron chi connectivity index (χ1n) is 7.75. The summed E-state index contributed by atoms with van der Waals surface area (Å²) >= 11 is 0. The largest absolute Gasteiger partial charge is 0.457 e. The minimum Gasteiger partial charge on any atom is -0.457 e. The van der Waals surface area contributed by atoms with Gasteiger partial charge in [-0.05, 0) is 35.8 Å². The summed E-state index contributed by atoms with van der Waals surface area (Å²) in [5.41, 5.74) is 3.99. The Morgan fingerprint density at radius 3 is 2.57 bits per heavy atom. The number of ether oxygens (including phenoxy) is 1. The fraction of sp³-hybridized carbons (Fsp3) is 0.368. The maximum absolute atomic E-state index is 6.14. The highest BCUT2D eigenvalue weighted by atomic mass is 31.0. The first kappa shape index (κ1) is 14.6. The summed E-state index contributed by atoms with van der Waals surface area (Å²) in [6, 6.07) is 12.7. The molecule has 110 valence electrons. The van der Waals surface area contributed by atoms with Crippen LogP contribution in [-0.4, -0.2) is 0 Å². The second kappa shape index (κ2) is 5.46. The normalized spacial score (nSPS) is 15.0. The lowest BCUT2D eigenvalue weighted by atomic mass is 9.75. The van der Waals surface area contributed by atoms with Gasteiger partial charge in [0.1, 0.15) is 11.5 Å². The van der Waals surface area contributed by atoms with E-state index in [-0.39, 0.29) is 5.41 Å². The van der Waals surface area contributed by atoms with Crippen LogP contribution < -0.4 is 10.0 Å². The zero-order chi connectivity index (χ0) is 15.0. The van der Waals surface area contributed by atoms with Crippen molar-refractivity contribution in [1.29, 1.82) is 0 Å². The molecule has 2 heteroatoms. The third-order valence-corrected chi connectivity index (χ3v) is 5.16. The molecule has 1 aliphatic heterocycles. The number of unbranched alkanes of at least 4 members (excludes halogenated alkanes) is 1. The molecule has 0 aromatic heterocycles. The Bertz CT molecular complexity index is 673. The summed E-state index contributed by atoms with van der Waals surface area (Å²) in [4.78, 5) is 0. The van der Waals surface area contributed by atoms with Gasteiger partial charge in [-0.2, -0.15) is 0 Å². The van der Waals surface area contributed by atoms with Gasteiger partial charge in [-0.1, -0.05) is 51.5 Å². The lowest BCUT2D eigenvalue weighted by Gasteiger charge is -2.36. The molecule has 0 fully saturated rings. The van der Waals surface area contributed by atoms with Crippen LogP contribution in [0.1, 0.15) is 50.3 Å². The Balaban J connectivity index is 2.14. The second-order valence-electron chi connectivity index (χ2n) is 6.34. The lowest BCUT2D eigenvalue weighted by Crippen LogP contribution is -2.30. The van der Waals surface area contributed by atoms with E-state index >= 15 is 0 Å². The molecule has 0 amide bonds. The molecule has 1 atom stereocenters. The van der Waals surface area contributed by atoms with Crippen LogP contribution >= 0.6 is 9.24 Å². The van der Waals surface area contributed by atoms with Crippen molar-refractivity contribution >= 4 is 14.5 Å². The van der Waals surface area contributed by atoms with Crippen molar-refractivity contribution in [2.24, 2.45) is 0 Å². The number of aryl methyl sites for hydroxylation is 1. The zero-order valence-corrected chi connectivity index (χ0v) is 14.2. The number of para-hydroxylation sites is 1. The number of hydrogen-bond donors (Lipinski definition) is 0. The highest BCUT2D eigenvalue weighted by Gasteiger charge is 2.35. The third kappa shape index (κ3) is 2.38. The predicted octanol–water partition coefficient (Wildman–Crippen LogP) is 4.96. The quantitative estimate of drug-likeness (QED) is 0.728. The van der Waals surface area contributed by atoms with Gasteiger partial charge in [-0.3, -0.25) is 0 Å². The predicted molar refractivity (Wildman–Crippen MR) is 93.0 cm³/mol. The van der Waals surface area contributed by atoms with Crippen LogP contribution in [0.2, 0.25) is 0 Å². The van der Waals surface area contributed by atoms with Crippen molar-refractivity contribution in [1.82, 2.24) is 0 Å². The van der Waals surface area contributed by atoms with E-state index in [0.29, 0.717) is 0 Å². The van der Waals surface area contributed by atoms with Gasteiger partial charge in [-0.25, -0.2) is 0 Å². The molecule has 3 rings (SSSR count). The first-order chi connectivity index (χ1) is 10.1. The number of fused-ring (bicyclic) bond motifs is 2. The fourth-order valence-corrected chi connectivity index (χ4v) is 4.03. The van der Waals surface area contributed by atoms with Gasteiger partial charge in [0.15, 0.2) is 0 Å². The van der Waals surface area contributed by atoms with Gasteiger partial charge in [0.05, 0.1) is 0 Å². The van der Waals surface area contributed by atoms with Crippen LogP contribution in [0.15, 0.2) is 36.4 Å². The zero-order valence-electron chi connectivity index (χ0n) is 13.1. The first-order valence-corrected chi connectivity index (χ1v) is 8.32. The van der Waals surface area contributed by atoms with E-state index in [9.17, 15) is 0 Å². The van der Waals surface area contributed by atoms with E-state index in [0.717, 1.165) is 17.9 Å². The monoisotopic (exact) mass is 298 g/mol. The van der Waals surface area contributed by atoms with Gasteiger partial charge < -0.3 is 4.74 Å². The van der Waals surface area contributed by atoms with Crippen molar-refractivity contribution in [3.8, 4) is 11.5 Å². The van der Waals surface area contributed by atoms with Gasteiger partial charge in [-0.15, -0.1) is 9.24 Å². The van der Waals surface area contributed by atoms with E-state index in [2.05, 4.69) is 60.3 Å². The summed E-state index contributed by atoms with van der Waals surface area (Å²) in [5.74, 6) is 1.99. The molecule has 0 N–H and O–H groups in total. The molecule has 21 heavy (non-hydrogen) atoms. The van der Waals surface area contributed by atoms with Crippen LogP contribution in [0.5, 0.6) is 11.5 Å². The molecule has 1 nitrogen and oxygen atoms in total. The molecule has 0 radical (unpaired) electrons. The minimum absolute atomic E-state index is 0.0243. The van der Waals surface area contributed by atoms with Crippen molar-refractivity contribution < 1.29 is 4.74 Å². The molecule has 0 saturated carbocycles. The number of hydrogen-bond acceptors (Lipinski definition) is 1. The van der Waals surface area contributed by atoms with Crippen molar-refractivity contribution in [3.05, 3.63) is 53.1 Å². The van der Waals surface area contributed by atoms with E-state index < -0.39 is 0 Å². The van der Waals surface area contributed by atoms with E-state index in [1.54, 1.807) is 0 Å². The highest BCUT2D eigenvalue weighted by molar-refractivity contribution is 7.27. The summed E-state index contributed by atoms with van der Waals surface area (Å²) in [5, 5.41) is 1.32. The standard InChI is InChI=1S/C19H23OP/c1-4-5-8-13-11-12-16-17(18(13)21)19(2,3)14-9-6-7-10-15(14)20-16/h6-7,9-12H,4-5,8,21H2,1-3H3. The molecule has 1 aliphatic rings. The molecule has 0 spiro atoms. The average Bonchev–Trinajstić information content (AvgIpc) is 2.46. The van der Waals surface area contributed by atoms with Crippen molar-refractivity contribution in [3.63, 3.8) is 0 Å².